The van der Waals surface area contributed by atoms with Crippen LogP contribution >= 0.6 is 0 Å². The molecule has 2 bridgehead atoms. The van der Waals surface area contributed by atoms with Crippen molar-refractivity contribution in [2.45, 2.75) is 45.1 Å². The predicted octanol–water partition coefficient (Wildman–Crippen LogP) is 4.16. The van der Waals surface area contributed by atoms with Gasteiger partial charge in [0, 0.05) is 6.04 Å². The van der Waals surface area contributed by atoms with Crippen LogP contribution in [-0.4, -0.2) is 6.54 Å². The second-order valence-corrected chi connectivity index (χ2v) is 6.21. The lowest BCUT2D eigenvalue weighted by atomic mass is 9.88. The summed E-state index contributed by atoms with van der Waals surface area (Å²) >= 11 is 0. The first-order chi connectivity index (χ1) is 8.86. The van der Waals surface area contributed by atoms with Gasteiger partial charge < -0.3 is 5.32 Å². The molecule has 0 spiro atoms. The first-order valence-corrected chi connectivity index (χ1v) is 7.65. The van der Waals surface area contributed by atoms with Crippen LogP contribution < -0.4 is 5.32 Å². The fourth-order valence-electron chi connectivity index (χ4n) is 4.10. The molecule has 0 amide bonds. The van der Waals surface area contributed by atoms with Gasteiger partial charge in [-0.15, -0.1) is 0 Å². The van der Waals surface area contributed by atoms with Gasteiger partial charge >= 0.3 is 0 Å². The molecule has 2 aliphatic rings. The lowest BCUT2D eigenvalue weighted by molar-refractivity contribution is 0.304. The molecule has 2 saturated carbocycles. The summed E-state index contributed by atoms with van der Waals surface area (Å²) in [6.07, 6.45) is 7.21. The highest BCUT2D eigenvalue weighted by Crippen LogP contribution is 2.48. The van der Waals surface area contributed by atoms with E-state index in [1.54, 1.807) is 0 Å². The number of nitrogens with one attached hydrogen (secondary N) is 1. The Balaban J connectivity index is 1.55. The van der Waals surface area contributed by atoms with Gasteiger partial charge in [0.2, 0.25) is 0 Å². The molecule has 1 nitrogen and oxygen atoms in total. The Morgan fingerprint density at radius 1 is 1.17 bits per heavy atom. The fraction of sp³-hybridized carbons (Fsp3) is 0.647. The number of hydrogen-bond acceptors (Lipinski definition) is 1. The maximum Gasteiger partial charge on any atom is 0.0317 e. The van der Waals surface area contributed by atoms with Crippen molar-refractivity contribution in [3.05, 3.63) is 35.9 Å². The average molecular weight is 243 g/mol. The van der Waals surface area contributed by atoms with Crippen LogP contribution in [0.4, 0.5) is 0 Å². The van der Waals surface area contributed by atoms with Gasteiger partial charge in [-0.05, 0) is 55.5 Å². The Morgan fingerprint density at radius 3 is 2.61 bits per heavy atom. The minimum absolute atomic E-state index is 0.547. The van der Waals surface area contributed by atoms with Crippen molar-refractivity contribution in [2.24, 2.45) is 17.8 Å². The van der Waals surface area contributed by atoms with Crippen LogP contribution in [0.15, 0.2) is 30.3 Å². The number of fused-ring (bicyclic) bond motifs is 2. The largest absolute Gasteiger partial charge is 0.310 e. The molecule has 98 valence electrons. The van der Waals surface area contributed by atoms with Gasteiger partial charge in [-0.3, -0.25) is 0 Å². The first kappa shape index (κ1) is 12.2. The van der Waals surface area contributed by atoms with E-state index in [9.17, 15) is 0 Å². The summed E-state index contributed by atoms with van der Waals surface area (Å²) < 4.78 is 0. The van der Waals surface area contributed by atoms with Crippen LogP contribution in [0.5, 0.6) is 0 Å². The average Bonchev–Trinajstić information content (AvgIpc) is 3.03. The normalized spacial score (nSPS) is 31.7. The Bertz CT molecular complexity index is 372. The second-order valence-electron chi connectivity index (χ2n) is 6.21. The molecule has 0 heterocycles. The minimum atomic E-state index is 0.547. The molecule has 2 aliphatic carbocycles. The smallest absolute Gasteiger partial charge is 0.0317 e. The lowest BCUT2D eigenvalue weighted by Crippen LogP contribution is -2.29. The van der Waals surface area contributed by atoms with Crippen molar-refractivity contribution in [1.29, 1.82) is 0 Å². The number of rotatable bonds is 5. The molecule has 18 heavy (non-hydrogen) atoms. The first-order valence-electron chi connectivity index (χ1n) is 7.65. The predicted molar refractivity (Wildman–Crippen MR) is 76.4 cm³/mol. The monoisotopic (exact) mass is 243 g/mol. The Hall–Kier alpha value is -0.820. The summed E-state index contributed by atoms with van der Waals surface area (Å²) in [5.74, 6) is 3.07. The van der Waals surface area contributed by atoms with Crippen LogP contribution in [0.3, 0.4) is 0 Å². The number of benzene rings is 1. The SMILES string of the molecule is CCC(NCC1CC2CCC1C2)c1ccccc1. The molecule has 4 unspecified atom stereocenters. The molecule has 1 aromatic rings. The van der Waals surface area contributed by atoms with Gasteiger partial charge in [0.05, 0.1) is 0 Å². The van der Waals surface area contributed by atoms with Crippen LogP contribution in [0.1, 0.15) is 50.6 Å². The second kappa shape index (κ2) is 5.44. The number of hydrogen-bond donors (Lipinski definition) is 1. The van der Waals surface area contributed by atoms with Crippen molar-refractivity contribution >= 4 is 0 Å². The topological polar surface area (TPSA) is 12.0 Å². The summed E-state index contributed by atoms with van der Waals surface area (Å²) in [4.78, 5) is 0. The zero-order valence-corrected chi connectivity index (χ0v) is 11.4. The van der Waals surface area contributed by atoms with Crippen LogP contribution in [-0.2, 0) is 0 Å². The highest BCUT2D eigenvalue weighted by atomic mass is 14.9. The van der Waals surface area contributed by atoms with Gasteiger partial charge in [0.1, 0.15) is 0 Å². The van der Waals surface area contributed by atoms with E-state index in [1.165, 1.54) is 44.2 Å². The molecular formula is C17H25N. The van der Waals surface area contributed by atoms with Crippen molar-refractivity contribution in [3.8, 4) is 0 Å². The summed E-state index contributed by atoms with van der Waals surface area (Å²) in [7, 11) is 0. The van der Waals surface area contributed by atoms with Crippen LogP contribution in [0, 0.1) is 17.8 Å². The summed E-state index contributed by atoms with van der Waals surface area (Å²) in [5.41, 5.74) is 1.45. The molecular weight excluding hydrogens is 218 g/mol. The maximum absolute atomic E-state index is 3.81. The third-order valence-electron chi connectivity index (χ3n) is 5.12. The van der Waals surface area contributed by atoms with E-state index < -0.39 is 0 Å². The molecule has 1 heteroatoms. The molecule has 0 aromatic heterocycles. The van der Waals surface area contributed by atoms with Gasteiger partial charge in [0.25, 0.3) is 0 Å². The third kappa shape index (κ3) is 2.47. The molecule has 0 radical (unpaired) electrons. The molecule has 3 rings (SSSR count). The fourth-order valence-corrected chi connectivity index (χ4v) is 4.10. The summed E-state index contributed by atoms with van der Waals surface area (Å²) in [6.45, 7) is 3.51. The Kier molecular flexibility index (Phi) is 3.69. The molecule has 1 aromatic carbocycles. The highest BCUT2D eigenvalue weighted by Gasteiger charge is 2.39. The van der Waals surface area contributed by atoms with Crippen molar-refractivity contribution in [2.75, 3.05) is 6.54 Å². The van der Waals surface area contributed by atoms with Crippen molar-refractivity contribution in [3.63, 3.8) is 0 Å². The zero-order valence-electron chi connectivity index (χ0n) is 11.4. The van der Waals surface area contributed by atoms with Gasteiger partial charge in [-0.25, -0.2) is 0 Å². The maximum atomic E-state index is 3.81. The van der Waals surface area contributed by atoms with Crippen molar-refractivity contribution in [1.82, 2.24) is 5.32 Å². The van der Waals surface area contributed by atoms with Crippen LogP contribution in [0.2, 0.25) is 0 Å². The van der Waals surface area contributed by atoms with E-state index in [1.807, 2.05) is 0 Å². The summed E-state index contributed by atoms with van der Waals surface area (Å²) in [5, 5.41) is 3.81. The highest BCUT2D eigenvalue weighted by molar-refractivity contribution is 5.18. The van der Waals surface area contributed by atoms with E-state index >= 15 is 0 Å². The van der Waals surface area contributed by atoms with E-state index in [4.69, 9.17) is 0 Å². The molecule has 1 N–H and O–H groups in total. The quantitative estimate of drug-likeness (QED) is 0.818. The molecule has 0 saturated heterocycles. The van der Waals surface area contributed by atoms with Crippen LogP contribution in [0.25, 0.3) is 0 Å². The molecule has 2 fully saturated rings. The Labute approximate surface area is 111 Å². The molecule has 0 aliphatic heterocycles. The Morgan fingerprint density at radius 2 is 2.00 bits per heavy atom. The zero-order chi connectivity index (χ0) is 12.4. The summed E-state index contributed by atoms with van der Waals surface area (Å²) in [6, 6.07) is 11.5. The lowest BCUT2D eigenvalue weighted by Gasteiger charge is -2.25. The van der Waals surface area contributed by atoms with E-state index in [-0.39, 0.29) is 0 Å². The third-order valence-corrected chi connectivity index (χ3v) is 5.12. The standard InChI is InChI=1S/C17H25N/c1-2-17(14-6-4-3-5-7-14)18-12-16-11-13-8-9-15(16)10-13/h3-7,13,15-18H,2,8-12H2,1H3. The molecule has 4 atom stereocenters. The van der Waals surface area contributed by atoms with E-state index in [0.717, 1.165) is 17.8 Å². The van der Waals surface area contributed by atoms with Gasteiger partial charge in [0.15, 0.2) is 0 Å². The van der Waals surface area contributed by atoms with Crippen molar-refractivity contribution < 1.29 is 0 Å². The van der Waals surface area contributed by atoms with Gasteiger partial charge in [-0.1, -0.05) is 43.7 Å². The minimum Gasteiger partial charge on any atom is -0.310 e. The van der Waals surface area contributed by atoms with Gasteiger partial charge in [-0.2, -0.15) is 0 Å². The van der Waals surface area contributed by atoms with E-state index in [2.05, 4.69) is 42.6 Å². The van der Waals surface area contributed by atoms with E-state index in [0.29, 0.717) is 6.04 Å².